The van der Waals surface area contributed by atoms with Crippen LogP contribution in [0.3, 0.4) is 0 Å². The van der Waals surface area contributed by atoms with Crippen LogP contribution in [-0.2, 0) is 4.79 Å². The van der Waals surface area contributed by atoms with E-state index in [0.29, 0.717) is 18.5 Å². The number of ether oxygens (including phenoxy) is 1. The molecule has 1 amide bonds. The minimum atomic E-state index is 0.0249. The van der Waals surface area contributed by atoms with E-state index < -0.39 is 0 Å². The number of carbonyl (C=O) groups is 1. The summed E-state index contributed by atoms with van der Waals surface area (Å²) < 4.78 is 7.70. The topological polar surface area (TPSA) is 84.7 Å². The number of fused-ring (bicyclic) bond motifs is 1. The molecule has 1 saturated carbocycles. The van der Waals surface area contributed by atoms with E-state index in [9.17, 15) is 4.79 Å². The van der Waals surface area contributed by atoms with Gasteiger partial charge in [0.25, 0.3) is 0 Å². The molecule has 29 heavy (non-hydrogen) atoms. The number of hydrogen-bond acceptors (Lipinski definition) is 6. The van der Waals surface area contributed by atoms with Crippen LogP contribution in [0.1, 0.15) is 25.7 Å². The quantitative estimate of drug-likeness (QED) is 0.694. The van der Waals surface area contributed by atoms with E-state index in [1.54, 1.807) is 12.4 Å². The standard InChI is InChI=1S/C21H24N6O2/c28-20(16-6-7-16)24-21-23-18-4-1-5-19(27(18)25-21)26-11-8-15(9-12-26)14-29-17-3-2-10-22-13-17/h1-5,10,13,15-16H,6-9,11-12,14H2,(H,24,25,28). The van der Waals surface area contributed by atoms with Gasteiger partial charge in [-0.1, -0.05) is 6.07 Å². The first kappa shape index (κ1) is 17.9. The second-order valence-corrected chi connectivity index (χ2v) is 7.78. The lowest BCUT2D eigenvalue weighted by molar-refractivity contribution is -0.117. The predicted molar refractivity (Wildman–Crippen MR) is 109 cm³/mol. The average molecular weight is 392 g/mol. The lowest BCUT2D eigenvalue weighted by Crippen LogP contribution is -2.36. The van der Waals surface area contributed by atoms with Gasteiger partial charge in [-0.25, -0.2) is 0 Å². The van der Waals surface area contributed by atoms with E-state index in [1.165, 1.54) is 0 Å². The molecule has 0 aromatic carbocycles. The molecule has 0 bridgehead atoms. The number of pyridine rings is 2. The van der Waals surface area contributed by atoms with E-state index in [4.69, 9.17) is 4.74 Å². The Bertz CT molecular complexity index is 993. The molecule has 1 aliphatic carbocycles. The molecule has 8 heteroatoms. The Morgan fingerprint density at radius 2 is 2.00 bits per heavy atom. The van der Waals surface area contributed by atoms with Gasteiger partial charge in [0.2, 0.25) is 11.9 Å². The lowest BCUT2D eigenvalue weighted by atomic mass is 9.98. The van der Waals surface area contributed by atoms with Gasteiger partial charge >= 0.3 is 0 Å². The molecule has 5 rings (SSSR count). The molecule has 8 nitrogen and oxygen atoms in total. The molecule has 1 saturated heterocycles. The molecule has 150 valence electrons. The maximum Gasteiger partial charge on any atom is 0.249 e. The van der Waals surface area contributed by atoms with Crippen LogP contribution in [0.5, 0.6) is 5.75 Å². The van der Waals surface area contributed by atoms with Crippen LogP contribution >= 0.6 is 0 Å². The minimum absolute atomic E-state index is 0.0249. The van der Waals surface area contributed by atoms with Crippen LogP contribution in [0.25, 0.3) is 5.65 Å². The first-order valence-corrected chi connectivity index (χ1v) is 10.2. The van der Waals surface area contributed by atoms with Crippen LogP contribution in [0.15, 0.2) is 42.7 Å². The molecule has 0 spiro atoms. The number of piperidine rings is 1. The molecule has 1 N–H and O–H groups in total. The molecule has 1 aliphatic heterocycles. The zero-order valence-electron chi connectivity index (χ0n) is 16.2. The maximum atomic E-state index is 12.0. The minimum Gasteiger partial charge on any atom is -0.492 e. The Morgan fingerprint density at radius 3 is 2.76 bits per heavy atom. The fourth-order valence-corrected chi connectivity index (χ4v) is 3.72. The molecular weight excluding hydrogens is 368 g/mol. The third-order valence-corrected chi connectivity index (χ3v) is 5.58. The van der Waals surface area contributed by atoms with E-state index >= 15 is 0 Å². The molecule has 2 fully saturated rings. The number of carbonyl (C=O) groups excluding carboxylic acids is 1. The fraction of sp³-hybridized carbons (Fsp3) is 0.429. The van der Waals surface area contributed by atoms with Gasteiger partial charge in [0, 0.05) is 25.2 Å². The zero-order chi connectivity index (χ0) is 19.6. The number of rotatable bonds is 6. The molecule has 0 atom stereocenters. The third-order valence-electron chi connectivity index (χ3n) is 5.58. The molecule has 3 aromatic rings. The van der Waals surface area contributed by atoms with E-state index in [1.807, 2.05) is 28.8 Å². The summed E-state index contributed by atoms with van der Waals surface area (Å²) in [4.78, 5) is 22.9. The van der Waals surface area contributed by atoms with Crippen molar-refractivity contribution in [3.8, 4) is 5.75 Å². The first-order valence-electron chi connectivity index (χ1n) is 10.2. The maximum absolute atomic E-state index is 12.0. The number of nitrogens with zero attached hydrogens (tertiary/aromatic N) is 5. The average Bonchev–Trinajstić information content (AvgIpc) is 3.53. The summed E-state index contributed by atoms with van der Waals surface area (Å²) in [7, 11) is 0. The Hall–Kier alpha value is -3.16. The van der Waals surface area contributed by atoms with Crippen molar-refractivity contribution in [2.75, 3.05) is 29.9 Å². The van der Waals surface area contributed by atoms with Gasteiger partial charge in [-0.3, -0.25) is 15.1 Å². The summed E-state index contributed by atoms with van der Waals surface area (Å²) >= 11 is 0. The predicted octanol–water partition coefficient (Wildman–Crippen LogP) is 2.77. The van der Waals surface area contributed by atoms with Crippen molar-refractivity contribution in [3.63, 3.8) is 0 Å². The van der Waals surface area contributed by atoms with Crippen LogP contribution in [0.4, 0.5) is 11.8 Å². The van der Waals surface area contributed by atoms with Crippen molar-refractivity contribution >= 4 is 23.3 Å². The van der Waals surface area contributed by atoms with Crippen LogP contribution in [0.2, 0.25) is 0 Å². The second-order valence-electron chi connectivity index (χ2n) is 7.78. The number of amides is 1. The van der Waals surface area contributed by atoms with Crippen molar-refractivity contribution in [2.24, 2.45) is 11.8 Å². The smallest absolute Gasteiger partial charge is 0.249 e. The molecule has 0 radical (unpaired) electrons. The zero-order valence-corrected chi connectivity index (χ0v) is 16.2. The summed E-state index contributed by atoms with van der Waals surface area (Å²) in [6.45, 7) is 2.58. The van der Waals surface area contributed by atoms with Crippen molar-refractivity contribution in [3.05, 3.63) is 42.7 Å². The largest absolute Gasteiger partial charge is 0.492 e. The normalized spacial score (nSPS) is 17.4. The Labute approximate surface area is 168 Å². The van der Waals surface area contributed by atoms with E-state index in [-0.39, 0.29) is 11.8 Å². The molecular formula is C21H24N6O2. The van der Waals surface area contributed by atoms with Gasteiger partial charge in [0.05, 0.1) is 12.8 Å². The number of anilines is 2. The number of aromatic nitrogens is 4. The highest BCUT2D eigenvalue weighted by Crippen LogP contribution is 2.30. The van der Waals surface area contributed by atoms with Gasteiger partial charge in [-0.05, 0) is 55.9 Å². The number of nitrogens with one attached hydrogen (secondary N) is 1. The van der Waals surface area contributed by atoms with Crippen molar-refractivity contribution in [1.82, 2.24) is 19.6 Å². The van der Waals surface area contributed by atoms with E-state index in [0.717, 1.165) is 56.0 Å². The lowest BCUT2D eigenvalue weighted by Gasteiger charge is -2.33. The van der Waals surface area contributed by atoms with Crippen LogP contribution < -0.4 is 15.0 Å². The third kappa shape index (κ3) is 4.01. The molecule has 0 unspecified atom stereocenters. The van der Waals surface area contributed by atoms with Crippen molar-refractivity contribution < 1.29 is 9.53 Å². The molecule has 3 aromatic heterocycles. The van der Waals surface area contributed by atoms with Gasteiger partial charge in [-0.2, -0.15) is 9.50 Å². The molecule has 4 heterocycles. The van der Waals surface area contributed by atoms with Crippen molar-refractivity contribution in [1.29, 1.82) is 0 Å². The summed E-state index contributed by atoms with van der Waals surface area (Å²) in [5.74, 6) is 2.89. The number of hydrogen-bond donors (Lipinski definition) is 1. The highest BCUT2D eigenvalue weighted by atomic mass is 16.5. The van der Waals surface area contributed by atoms with Crippen LogP contribution in [-0.4, -0.2) is 45.2 Å². The van der Waals surface area contributed by atoms with Gasteiger partial charge in [0.1, 0.15) is 11.6 Å². The SMILES string of the molecule is O=C(Nc1nc2cccc(N3CCC(COc4cccnc4)CC3)n2n1)C1CC1. The Morgan fingerprint density at radius 1 is 1.14 bits per heavy atom. The highest BCUT2D eigenvalue weighted by molar-refractivity contribution is 5.92. The summed E-state index contributed by atoms with van der Waals surface area (Å²) in [6.07, 6.45) is 7.53. The Balaban J connectivity index is 1.23. The first-order chi connectivity index (χ1) is 14.3. The Kier molecular flexibility index (Phi) is 4.75. The van der Waals surface area contributed by atoms with Gasteiger partial charge in [-0.15, -0.1) is 5.10 Å². The van der Waals surface area contributed by atoms with Crippen molar-refractivity contribution in [2.45, 2.75) is 25.7 Å². The second kappa shape index (κ2) is 7.69. The van der Waals surface area contributed by atoms with E-state index in [2.05, 4.69) is 31.3 Å². The summed E-state index contributed by atoms with van der Waals surface area (Å²) in [5.41, 5.74) is 0.746. The summed E-state index contributed by atoms with van der Waals surface area (Å²) in [6, 6.07) is 9.78. The van der Waals surface area contributed by atoms with Crippen LogP contribution in [0, 0.1) is 11.8 Å². The summed E-state index contributed by atoms with van der Waals surface area (Å²) in [5, 5.41) is 7.37. The fourth-order valence-electron chi connectivity index (χ4n) is 3.72. The highest BCUT2D eigenvalue weighted by Gasteiger charge is 2.30. The molecule has 2 aliphatic rings. The monoisotopic (exact) mass is 392 g/mol. The van der Waals surface area contributed by atoms with Gasteiger partial charge < -0.3 is 9.64 Å². The van der Waals surface area contributed by atoms with Gasteiger partial charge in [0.15, 0.2) is 5.65 Å².